The minimum Gasteiger partial charge on any atom is -0.359 e. The third-order valence-electron chi connectivity index (χ3n) is 4.93. The minimum absolute atomic E-state index is 0.0309. The Bertz CT molecular complexity index is 753. The summed E-state index contributed by atoms with van der Waals surface area (Å²) in [5, 5.41) is 2.62. The van der Waals surface area contributed by atoms with Gasteiger partial charge in [0.05, 0.1) is 4.90 Å². The van der Waals surface area contributed by atoms with E-state index >= 15 is 0 Å². The van der Waals surface area contributed by atoms with Gasteiger partial charge in [-0.3, -0.25) is 9.59 Å². The summed E-state index contributed by atoms with van der Waals surface area (Å²) in [5.74, 6) is -0.0800. The quantitative estimate of drug-likeness (QED) is 0.861. The Morgan fingerprint density at radius 2 is 1.76 bits per heavy atom. The van der Waals surface area contributed by atoms with Crippen molar-refractivity contribution in [1.82, 2.24) is 9.62 Å². The highest BCUT2D eigenvalue weighted by molar-refractivity contribution is 7.89. The van der Waals surface area contributed by atoms with Crippen LogP contribution in [0.5, 0.6) is 0 Å². The molecule has 0 spiro atoms. The molecular weight excluding hydrogens is 342 g/mol. The first kappa shape index (κ1) is 17.9. The third-order valence-corrected chi connectivity index (χ3v) is 6.84. The Morgan fingerprint density at radius 3 is 2.28 bits per heavy atom. The van der Waals surface area contributed by atoms with Crippen LogP contribution in [-0.2, 0) is 19.6 Å². The highest BCUT2D eigenvalue weighted by Crippen LogP contribution is 2.27. The van der Waals surface area contributed by atoms with Crippen molar-refractivity contribution < 1.29 is 18.0 Å². The van der Waals surface area contributed by atoms with Crippen molar-refractivity contribution >= 4 is 27.5 Å². The smallest absolute Gasteiger partial charge is 0.243 e. The zero-order chi connectivity index (χ0) is 18.0. The van der Waals surface area contributed by atoms with Crippen molar-refractivity contribution in [3.05, 3.63) is 24.3 Å². The number of rotatable bonds is 4. The molecule has 2 saturated heterocycles. The first-order valence-corrected chi connectivity index (χ1v) is 9.99. The van der Waals surface area contributed by atoms with Gasteiger partial charge in [-0.25, -0.2) is 8.42 Å². The molecule has 2 aliphatic rings. The summed E-state index contributed by atoms with van der Waals surface area (Å²) < 4.78 is 27.0. The van der Waals surface area contributed by atoms with Gasteiger partial charge in [-0.05, 0) is 43.5 Å². The van der Waals surface area contributed by atoms with Crippen molar-refractivity contribution in [3.63, 3.8) is 0 Å². The Morgan fingerprint density at radius 1 is 1.12 bits per heavy atom. The summed E-state index contributed by atoms with van der Waals surface area (Å²) in [6, 6.07) is 6.49. The van der Waals surface area contributed by atoms with E-state index in [4.69, 9.17) is 0 Å². The van der Waals surface area contributed by atoms with Crippen LogP contribution in [0.15, 0.2) is 29.2 Å². The van der Waals surface area contributed by atoms with Gasteiger partial charge in [0, 0.05) is 44.7 Å². The van der Waals surface area contributed by atoms with Crippen LogP contribution in [0.25, 0.3) is 0 Å². The van der Waals surface area contributed by atoms with Gasteiger partial charge in [-0.1, -0.05) is 0 Å². The van der Waals surface area contributed by atoms with Gasteiger partial charge < -0.3 is 10.2 Å². The van der Waals surface area contributed by atoms with Crippen LogP contribution in [-0.4, -0.2) is 51.2 Å². The molecule has 1 aromatic rings. The number of hydrogen-bond acceptors (Lipinski definition) is 4. The standard InChI is InChI=1S/C17H23N3O4S/c1-18-17(22)13-8-11-19(12-9-13)25(23,24)15-6-4-14(5-7-15)20-10-2-3-16(20)21/h4-7,13H,2-3,8-12H2,1H3,(H,18,22). The summed E-state index contributed by atoms with van der Waals surface area (Å²) in [5.41, 5.74) is 0.736. The molecule has 2 aliphatic heterocycles. The highest BCUT2D eigenvalue weighted by atomic mass is 32.2. The lowest BCUT2D eigenvalue weighted by Gasteiger charge is -2.30. The first-order valence-electron chi connectivity index (χ1n) is 8.55. The maximum absolute atomic E-state index is 12.8. The maximum atomic E-state index is 12.8. The maximum Gasteiger partial charge on any atom is 0.243 e. The molecule has 136 valence electrons. The summed E-state index contributed by atoms with van der Waals surface area (Å²) >= 11 is 0. The Kier molecular flexibility index (Phi) is 5.10. The van der Waals surface area contributed by atoms with Gasteiger partial charge in [0.15, 0.2) is 0 Å². The molecule has 2 fully saturated rings. The van der Waals surface area contributed by atoms with Crippen molar-refractivity contribution in [3.8, 4) is 0 Å². The minimum atomic E-state index is -3.57. The molecule has 0 aromatic heterocycles. The lowest BCUT2D eigenvalue weighted by molar-refractivity contribution is -0.125. The molecule has 0 atom stereocenters. The van der Waals surface area contributed by atoms with E-state index in [2.05, 4.69) is 5.32 Å². The number of carbonyl (C=O) groups is 2. The Balaban J connectivity index is 1.70. The molecule has 2 heterocycles. The fourth-order valence-corrected chi connectivity index (χ4v) is 4.90. The van der Waals surface area contributed by atoms with E-state index in [0.29, 0.717) is 38.9 Å². The fraction of sp³-hybridized carbons (Fsp3) is 0.529. The van der Waals surface area contributed by atoms with Crippen LogP contribution in [0.4, 0.5) is 5.69 Å². The molecule has 3 rings (SSSR count). The van der Waals surface area contributed by atoms with Crippen LogP contribution in [0.1, 0.15) is 25.7 Å². The number of carbonyl (C=O) groups excluding carboxylic acids is 2. The van der Waals surface area contributed by atoms with Gasteiger partial charge >= 0.3 is 0 Å². The zero-order valence-electron chi connectivity index (χ0n) is 14.3. The van der Waals surface area contributed by atoms with Crippen LogP contribution in [0.2, 0.25) is 0 Å². The van der Waals surface area contributed by atoms with Gasteiger partial charge in [0.25, 0.3) is 0 Å². The molecule has 1 N–H and O–H groups in total. The lowest BCUT2D eigenvalue weighted by Crippen LogP contribution is -2.42. The summed E-state index contributed by atoms with van der Waals surface area (Å²) in [4.78, 5) is 25.4. The topological polar surface area (TPSA) is 86.8 Å². The van der Waals surface area contributed by atoms with Crippen molar-refractivity contribution in [1.29, 1.82) is 0 Å². The monoisotopic (exact) mass is 365 g/mol. The van der Waals surface area contributed by atoms with E-state index in [1.54, 1.807) is 36.2 Å². The predicted molar refractivity (Wildman–Crippen MR) is 93.6 cm³/mol. The number of piperidine rings is 1. The number of benzene rings is 1. The number of nitrogens with one attached hydrogen (secondary N) is 1. The van der Waals surface area contributed by atoms with Gasteiger partial charge in [0.2, 0.25) is 21.8 Å². The Labute approximate surface area is 148 Å². The average Bonchev–Trinajstić information content (AvgIpc) is 3.07. The number of anilines is 1. The second-order valence-corrected chi connectivity index (χ2v) is 8.37. The summed E-state index contributed by atoms with van der Waals surface area (Å²) in [7, 11) is -1.98. The van der Waals surface area contributed by atoms with E-state index < -0.39 is 10.0 Å². The zero-order valence-corrected chi connectivity index (χ0v) is 15.1. The molecule has 0 aliphatic carbocycles. The number of nitrogens with zero attached hydrogens (tertiary/aromatic N) is 2. The van der Waals surface area contributed by atoms with E-state index in [1.807, 2.05) is 0 Å². The summed E-state index contributed by atoms with van der Waals surface area (Å²) in [6.07, 6.45) is 2.43. The number of amides is 2. The molecule has 0 bridgehead atoms. The molecule has 1 aromatic carbocycles. The first-order chi connectivity index (χ1) is 11.9. The van der Waals surface area contributed by atoms with E-state index in [-0.39, 0.29) is 22.6 Å². The van der Waals surface area contributed by atoms with E-state index in [0.717, 1.165) is 12.1 Å². The lowest BCUT2D eigenvalue weighted by atomic mass is 9.97. The molecule has 8 heteroatoms. The van der Waals surface area contributed by atoms with Crippen LogP contribution < -0.4 is 10.2 Å². The predicted octanol–water partition coefficient (Wildman–Crippen LogP) is 0.960. The molecule has 0 radical (unpaired) electrons. The molecule has 25 heavy (non-hydrogen) atoms. The fourth-order valence-electron chi connectivity index (χ4n) is 3.43. The average molecular weight is 365 g/mol. The molecule has 7 nitrogen and oxygen atoms in total. The molecule has 2 amide bonds. The van der Waals surface area contributed by atoms with Crippen molar-refractivity contribution in [2.45, 2.75) is 30.6 Å². The second-order valence-electron chi connectivity index (χ2n) is 6.44. The largest absolute Gasteiger partial charge is 0.359 e. The van der Waals surface area contributed by atoms with Gasteiger partial charge in [-0.2, -0.15) is 4.31 Å². The Hall–Kier alpha value is -1.93. The summed E-state index contributed by atoms with van der Waals surface area (Å²) in [6.45, 7) is 1.36. The van der Waals surface area contributed by atoms with E-state index in [1.165, 1.54) is 4.31 Å². The number of hydrogen-bond donors (Lipinski definition) is 1. The van der Waals surface area contributed by atoms with Gasteiger partial charge in [-0.15, -0.1) is 0 Å². The normalized spacial score (nSPS) is 20.0. The molecule has 0 unspecified atom stereocenters. The third kappa shape index (κ3) is 3.55. The van der Waals surface area contributed by atoms with Crippen LogP contribution >= 0.6 is 0 Å². The molecular formula is C17H23N3O4S. The van der Waals surface area contributed by atoms with E-state index in [9.17, 15) is 18.0 Å². The van der Waals surface area contributed by atoms with Crippen LogP contribution in [0, 0.1) is 5.92 Å². The molecule has 0 saturated carbocycles. The second kappa shape index (κ2) is 7.13. The van der Waals surface area contributed by atoms with Crippen molar-refractivity contribution in [2.75, 3.05) is 31.6 Å². The van der Waals surface area contributed by atoms with Gasteiger partial charge in [0.1, 0.15) is 0 Å². The highest BCUT2D eigenvalue weighted by Gasteiger charge is 2.32. The SMILES string of the molecule is CNC(=O)C1CCN(S(=O)(=O)c2ccc(N3CCCC3=O)cc2)CC1. The number of sulfonamides is 1. The van der Waals surface area contributed by atoms with Crippen LogP contribution in [0.3, 0.4) is 0 Å². The van der Waals surface area contributed by atoms with Crippen molar-refractivity contribution in [2.24, 2.45) is 5.92 Å².